The first-order chi connectivity index (χ1) is 10.6. The Hall–Kier alpha value is -2.57. The van der Waals surface area contributed by atoms with E-state index in [1.807, 2.05) is 19.1 Å². The van der Waals surface area contributed by atoms with E-state index in [0.717, 1.165) is 5.56 Å². The zero-order valence-corrected chi connectivity index (χ0v) is 12.1. The Morgan fingerprint density at radius 3 is 2.86 bits per heavy atom. The van der Waals surface area contributed by atoms with Crippen molar-refractivity contribution in [3.8, 4) is 17.9 Å². The van der Waals surface area contributed by atoms with Gasteiger partial charge >= 0.3 is 0 Å². The minimum absolute atomic E-state index is 0.0263. The van der Waals surface area contributed by atoms with Crippen molar-refractivity contribution in [3.63, 3.8) is 0 Å². The number of benzene rings is 1. The van der Waals surface area contributed by atoms with Gasteiger partial charge in [0.2, 0.25) is 5.91 Å². The number of likely N-dealkylation sites (tertiary alicyclic amines) is 1. The number of nitrogens with zero attached hydrogens (tertiary/aromatic N) is 3. The van der Waals surface area contributed by atoms with Gasteiger partial charge in [0.05, 0.1) is 5.56 Å². The molecule has 0 aliphatic carbocycles. The van der Waals surface area contributed by atoms with Gasteiger partial charge in [0.1, 0.15) is 36.2 Å². The maximum atomic E-state index is 11.8. The van der Waals surface area contributed by atoms with Crippen molar-refractivity contribution in [2.24, 2.45) is 0 Å². The number of carbonyl (C=O) groups is 1. The first-order valence-corrected chi connectivity index (χ1v) is 7.14. The number of aliphatic hydroxyl groups is 1. The second kappa shape index (κ2) is 5.32. The lowest BCUT2D eigenvalue weighted by Gasteiger charge is -2.39. The van der Waals surface area contributed by atoms with Gasteiger partial charge in [-0.3, -0.25) is 4.79 Å². The minimum atomic E-state index is -0.508. The van der Waals surface area contributed by atoms with Crippen molar-refractivity contribution < 1.29 is 14.6 Å². The molecule has 2 aliphatic heterocycles. The summed E-state index contributed by atoms with van der Waals surface area (Å²) in [5, 5.41) is 27.5. The maximum Gasteiger partial charge on any atom is 0.248 e. The Labute approximate surface area is 128 Å². The number of fused-ring (bicyclic) bond motifs is 3. The summed E-state index contributed by atoms with van der Waals surface area (Å²) >= 11 is 0. The van der Waals surface area contributed by atoms with Gasteiger partial charge in [-0.15, -0.1) is 0 Å². The quantitative estimate of drug-likeness (QED) is 0.830. The van der Waals surface area contributed by atoms with E-state index in [9.17, 15) is 10.1 Å². The minimum Gasteiger partial charge on any atom is -0.488 e. The average molecular weight is 297 g/mol. The van der Waals surface area contributed by atoms with Crippen LogP contribution in [0, 0.1) is 22.7 Å². The summed E-state index contributed by atoms with van der Waals surface area (Å²) in [5.74, 6) is 0.150. The molecule has 0 bridgehead atoms. The molecule has 0 radical (unpaired) electrons. The zero-order valence-electron chi connectivity index (χ0n) is 12.1. The molecular formula is C16H15N3O3. The van der Waals surface area contributed by atoms with Gasteiger partial charge in [-0.1, -0.05) is 6.07 Å². The lowest BCUT2D eigenvalue weighted by atomic mass is 9.86. The highest BCUT2D eigenvalue weighted by Crippen LogP contribution is 2.45. The van der Waals surface area contributed by atoms with Crippen LogP contribution >= 0.6 is 0 Å². The maximum absolute atomic E-state index is 11.8. The van der Waals surface area contributed by atoms with E-state index in [1.54, 1.807) is 17.0 Å². The van der Waals surface area contributed by atoms with Crippen LogP contribution in [0.15, 0.2) is 12.1 Å². The molecule has 3 rings (SSSR count). The average Bonchev–Trinajstić information content (AvgIpc) is 2.89. The van der Waals surface area contributed by atoms with Gasteiger partial charge < -0.3 is 14.7 Å². The lowest BCUT2D eigenvalue weighted by Crippen LogP contribution is -2.50. The van der Waals surface area contributed by atoms with Crippen LogP contribution in [0.5, 0.6) is 5.75 Å². The number of carbonyl (C=O) groups excluding carboxylic acids is 1. The number of aliphatic hydroxyl groups excluding tert-OH is 1. The van der Waals surface area contributed by atoms with Crippen LogP contribution in [0.1, 0.15) is 36.0 Å². The second-order valence-electron chi connectivity index (χ2n) is 5.68. The molecule has 1 N–H and O–H groups in total. The Morgan fingerprint density at radius 2 is 2.23 bits per heavy atom. The fraction of sp³-hybridized carbons (Fsp3) is 0.438. The zero-order chi connectivity index (χ0) is 15.9. The highest BCUT2D eigenvalue weighted by molar-refractivity contribution is 5.78. The summed E-state index contributed by atoms with van der Waals surface area (Å²) in [6, 6.07) is 7.44. The number of nitriles is 2. The molecule has 1 fully saturated rings. The fourth-order valence-corrected chi connectivity index (χ4v) is 3.38. The summed E-state index contributed by atoms with van der Waals surface area (Å²) in [4.78, 5) is 13.5. The molecular weight excluding hydrogens is 282 g/mol. The molecule has 1 amide bonds. The molecule has 0 spiro atoms. The van der Waals surface area contributed by atoms with E-state index in [2.05, 4.69) is 0 Å². The molecule has 22 heavy (non-hydrogen) atoms. The van der Waals surface area contributed by atoms with E-state index < -0.39 is 6.61 Å². The Morgan fingerprint density at radius 1 is 1.45 bits per heavy atom. The molecule has 0 saturated carbocycles. The molecule has 6 nitrogen and oxygen atoms in total. The summed E-state index contributed by atoms with van der Waals surface area (Å²) in [5.41, 5.74) is 1.43. The number of piperidine rings is 1. The van der Waals surface area contributed by atoms with Crippen molar-refractivity contribution in [3.05, 3.63) is 28.8 Å². The van der Waals surface area contributed by atoms with Crippen LogP contribution in [0.4, 0.5) is 0 Å². The molecule has 2 unspecified atom stereocenters. The van der Waals surface area contributed by atoms with Crippen molar-refractivity contribution in [1.82, 2.24) is 4.90 Å². The standard InChI is InChI=1S/C16H15N3O3/c1-9-4-14-13(7-19(9)15(21)8-20)11-3-2-10(5-17)12(6-18)16(11)22-14/h2-3,9,13-14,20H,4,7-8H2,1H3/t9-,13?,14?/m1/s1. The highest BCUT2D eigenvalue weighted by Gasteiger charge is 2.44. The predicted octanol–water partition coefficient (Wildman–Crippen LogP) is 0.888. The van der Waals surface area contributed by atoms with Crippen molar-refractivity contribution in [1.29, 1.82) is 10.5 Å². The molecule has 1 saturated heterocycles. The third kappa shape index (κ3) is 2.01. The van der Waals surface area contributed by atoms with Crippen LogP contribution in [0.2, 0.25) is 0 Å². The predicted molar refractivity (Wildman–Crippen MR) is 75.9 cm³/mol. The lowest BCUT2D eigenvalue weighted by molar-refractivity contribution is -0.139. The van der Waals surface area contributed by atoms with E-state index in [1.165, 1.54) is 0 Å². The molecule has 2 heterocycles. The summed E-state index contributed by atoms with van der Waals surface area (Å²) in [6.07, 6.45) is 0.534. The van der Waals surface area contributed by atoms with Crippen molar-refractivity contribution >= 4 is 5.91 Å². The number of ether oxygens (including phenoxy) is 1. The molecule has 3 atom stereocenters. The summed E-state index contributed by atoms with van der Waals surface area (Å²) in [6.45, 7) is 1.86. The Kier molecular flexibility index (Phi) is 3.48. The van der Waals surface area contributed by atoms with Gasteiger partial charge in [0.25, 0.3) is 0 Å². The molecule has 112 valence electrons. The number of rotatable bonds is 1. The number of hydrogen-bond acceptors (Lipinski definition) is 5. The van der Waals surface area contributed by atoms with E-state index in [-0.39, 0.29) is 29.5 Å². The van der Waals surface area contributed by atoms with Gasteiger partial charge in [-0.2, -0.15) is 10.5 Å². The smallest absolute Gasteiger partial charge is 0.248 e. The molecule has 6 heteroatoms. The fourth-order valence-electron chi connectivity index (χ4n) is 3.38. The van der Waals surface area contributed by atoms with E-state index in [0.29, 0.717) is 24.3 Å². The number of amides is 1. The van der Waals surface area contributed by atoms with E-state index >= 15 is 0 Å². The van der Waals surface area contributed by atoms with Crippen LogP contribution in [-0.2, 0) is 4.79 Å². The Balaban J connectivity index is 2.00. The van der Waals surface area contributed by atoms with Gasteiger partial charge in [0.15, 0.2) is 0 Å². The Bertz CT molecular complexity index is 717. The van der Waals surface area contributed by atoms with Crippen LogP contribution in [-0.4, -0.2) is 41.2 Å². The highest BCUT2D eigenvalue weighted by atomic mass is 16.5. The first kappa shape index (κ1) is 14.4. The normalized spacial score (nSPS) is 25.5. The molecule has 0 aromatic heterocycles. The van der Waals surface area contributed by atoms with Crippen LogP contribution in [0.3, 0.4) is 0 Å². The van der Waals surface area contributed by atoms with Crippen molar-refractivity contribution in [2.75, 3.05) is 13.2 Å². The van der Waals surface area contributed by atoms with Gasteiger partial charge in [-0.05, 0) is 13.0 Å². The second-order valence-corrected chi connectivity index (χ2v) is 5.68. The topological polar surface area (TPSA) is 97.4 Å². The number of hydrogen-bond donors (Lipinski definition) is 1. The van der Waals surface area contributed by atoms with Gasteiger partial charge in [0, 0.05) is 30.5 Å². The van der Waals surface area contributed by atoms with E-state index in [4.69, 9.17) is 15.1 Å². The molecule has 1 aromatic rings. The SMILES string of the molecule is C[C@@H]1CC2Oc3c(ccc(C#N)c3C#N)C2CN1C(=O)CO. The monoisotopic (exact) mass is 297 g/mol. The van der Waals surface area contributed by atoms with Crippen molar-refractivity contribution in [2.45, 2.75) is 31.4 Å². The van der Waals surface area contributed by atoms with Gasteiger partial charge in [-0.25, -0.2) is 0 Å². The largest absolute Gasteiger partial charge is 0.488 e. The molecule has 1 aromatic carbocycles. The molecule has 2 aliphatic rings. The third-order valence-corrected chi connectivity index (χ3v) is 4.49. The summed E-state index contributed by atoms with van der Waals surface area (Å²) < 4.78 is 5.93. The van der Waals surface area contributed by atoms with Crippen LogP contribution < -0.4 is 4.74 Å². The first-order valence-electron chi connectivity index (χ1n) is 7.14. The summed E-state index contributed by atoms with van der Waals surface area (Å²) in [7, 11) is 0. The van der Waals surface area contributed by atoms with Crippen LogP contribution in [0.25, 0.3) is 0 Å². The third-order valence-electron chi connectivity index (χ3n) is 4.49.